The van der Waals surface area contributed by atoms with Crippen LogP contribution in [-0.2, 0) is 16.0 Å². The van der Waals surface area contributed by atoms with Gasteiger partial charge in [-0.15, -0.1) is 0 Å². The van der Waals surface area contributed by atoms with E-state index in [1.54, 1.807) is 49.2 Å². The Balaban J connectivity index is 1.46. The standard InChI is InChI=1S/C22H23N3O4/c1-16(21(26)23-14-12-17-4-10-20(28-2)11-5-17)29-22(27)18-6-8-19(9-7-18)25-15-3-13-24-25/h3-11,13,15-16H,12,14H2,1-2H3,(H,23,26). The van der Waals surface area contributed by atoms with E-state index in [2.05, 4.69) is 10.4 Å². The Kier molecular flexibility index (Phi) is 6.63. The van der Waals surface area contributed by atoms with Crippen molar-refractivity contribution < 1.29 is 19.1 Å². The molecule has 0 saturated carbocycles. The highest BCUT2D eigenvalue weighted by molar-refractivity contribution is 5.92. The van der Waals surface area contributed by atoms with Crippen LogP contribution in [0, 0.1) is 0 Å². The summed E-state index contributed by atoms with van der Waals surface area (Å²) >= 11 is 0. The average Bonchev–Trinajstić information content (AvgIpc) is 3.29. The Bertz CT molecular complexity index is 935. The van der Waals surface area contributed by atoms with E-state index in [1.807, 2.05) is 36.5 Å². The third-order valence-corrected chi connectivity index (χ3v) is 4.40. The fourth-order valence-corrected chi connectivity index (χ4v) is 2.72. The smallest absolute Gasteiger partial charge is 0.338 e. The molecule has 29 heavy (non-hydrogen) atoms. The lowest BCUT2D eigenvalue weighted by molar-refractivity contribution is -0.129. The molecule has 0 aliphatic heterocycles. The summed E-state index contributed by atoms with van der Waals surface area (Å²) in [6.45, 7) is 2.00. The molecule has 7 heteroatoms. The second kappa shape index (κ2) is 9.54. The second-order valence-electron chi connectivity index (χ2n) is 6.43. The molecule has 1 amide bonds. The number of amides is 1. The van der Waals surface area contributed by atoms with Crippen LogP contribution in [0.25, 0.3) is 5.69 Å². The van der Waals surface area contributed by atoms with Crippen molar-refractivity contribution in [2.45, 2.75) is 19.4 Å². The summed E-state index contributed by atoms with van der Waals surface area (Å²) < 4.78 is 12.1. The van der Waals surface area contributed by atoms with Crippen LogP contribution in [-0.4, -0.2) is 41.4 Å². The van der Waals surface area contributed by atoms with Crippen LogP contribution in [0.4, 0.5) is 0 Å². The summed E-state index contributed by atoms with van der Waals surface area (Å²) in [6.07, 6.45) is 3.28. The molecule has 1 N–H and O–H groups in total. The van der Waals surface area contributed by atoms with Crippen LogP contribution in [0.3, 0.4) is 0 Å². The van der Waals surface area contributed by atoms with E-state index in [1.165, 1.54) is 0 Å². The first-order valence-electron chi connectivity index (χ1n) is 9.28. The van der Waals surface area contributed by atoms with E-state index < -0.39 is 12.1 Å². The molecule has 1 heterocycles. The van der Waals surface area contributed by atoms with Gasteiger partial charge in [0, 0.05) is 18.9 Å². The third-order valence-electron chi connectivity index (χ3n) is 4.40. The molecule has 1 unspecified atom stereocenters. The number of ether oxygens (including phenoxy) is 2. The van der Waals surface area contributed by atoms with Gasteiger partial charge in [0.25, 0.3) is 5.91 Å². The molecule has 0 saturated heterocycles. The Hall–Kier alpha value is -3.61. The normalized spacial score (nSPS) is 11.5. The van der Waals surface area contributed by atoms with Gasteiger partial charge in [-0.05, 0) is 61.4 Å². The van der Waals surface area contributed by atoms with Crippen LogP contribution in [0.5, 0.6) is 5.75 Å². The largest absolute Gasteiger partial charge is 0.497 e. The SMILES string of the molecule is COc1ccc(CCNC(=O)C(C)OC(=O)c2ccc(-n3cccn3)cc2)cc1. The summed E-state index contributed by atoms with van der Waals surface area (Å²) in [4.78, 5) is 24.5. The first-order valence-corrected chi connectivity index (χ1v) is 9.28. The van der Waals surface area contributed by atoms with Crippen molar-refractivity contribution in [3.8, 4) is 11.4 Å². The monoisotopic (exact) mass is 393 g/mol. The number of nitrogens with zero attached hydrogens (tertiary/aromatic N) is 2. The van der Waals surface area contributed by atoms with E-state index >= 15 is 0 Å². The van der Waals surface area contributed by atoms with Crippen LogP contribution in [0.2, 0.25) is 0 Å². The van der Waals surface area contributed by atoms with Crippen molar-refractivity contribution in [2.75, 3.05) is 13.7 Å². The first kappa shape index (κ1) is 20.1. The van der Waals surface area contributed by atoms with E-state index in [9.17, 15) is 9.59 Å². The van der Waals surface area contributed by atoms with Crippen LogP contribution in [0.1, 0.15) is 22.8 Å². The maximum atomic E-state index is 12.3. The second-order valence-corrected chi connectivity index (χ2v) is 6.43. The van der Waals surface area contributed by atoms with Gasteiger partial charge in [-0.3, -0.25) is 4.79 Å². The Morgan fingerprint density at radius 2 is 1.83 bits per heavy atom. The van der Waals surface area contributed by atoms with Crippen LogP contribution >= 0.6 is 0 Å². The minimum absolute atomic E-state index is 0.333. The molecule has 3 rings (SSSR count). The lowest BCUT2D eigenvalue weighted by Gasteiger charge is -2.14. The van der Waals surface area contributed by atoms with Crippen molar-refractivity contribution in [1.82, 2.24) is 15.1 Å². The number of rotatable bonds is 8. The van der Waals surface area contributed by atoms with Crippen molar-refractivity contribution in [1.29, 1.82) is 0 Å². The number of hydrogen-bond acceptors (Lipinski definition) is 5. The molecular formula is C22H23N3O4. The molecule has 3 aromatic rings. The molecule has 7 nitrogen and oxygen atoms in total. The van der Waals surface area contributed by atoms with Gasteiger partial charge in [-0.25, -0.2) is 9.48 Å². The molecule has 150 valence electrons. The number of nitrogens with one attached hydrogen (secondary N) is 1. The number of hydrogen-bond donors (Lipinski definition) is 1. The van der Waals surface area contributed by atoms with Gasteiger partial charge in [-0.1, -0.05) is 12.1 Å². The predicted molar refractivity (Wildman–Crippen MR) is 108 cm³/mol. The van der Waals surface area contributed by atoms with E-state index in [-0.39, 0.29) is 5.91 Å². The number of aromatic nitrogens is 2. The van der Waals surface area contributed by atoms with Crippen LogP contribution < -0.4 is 10.1 Å². The van der Waals surface area contributed by atoms with Crippen molar-refractivity contribution in [2.24, 2.45) is 0 Å². The van der Waals surface area contributed by atoms with Crippen molar-refractivity contribution >= 4 is 11.9 Å². The Morgan fingerprint density at radius 3 is 2.45 bits per heavy atom. The molecular weight excluding hydrogens is 370 g/mol. The van der Waals surface area contributed by atoms with Gasteiger partial charge in [0.2, 0.25) is 0 Å². The van der Waals surface area contributed by atoms with E-state index in [0.29, 0.717) is 18.5 Å². The average molecular weight is 393 g/mol. The minimum Gasteiger partial charge on any atom is -0.497 e. The quantitative estimate of drug-likeness (QED) is 0.595. The highest BCUT2D eigenvalue weighted by Crippen LogP contribution is 2.12. The summed E-state index contributed by atoms with van der Waals surface area (Å²) in [5.74, 6) is -0.0918. The van der Waals surface area contributed by atoms with Crippen molar-refractivity contribution in [3.05, 3.63) is 78.1 Å². The number of benzene rings is 2. The maximum Gasteiger partial charge on any atom is 0.338 e. The van der Waals surface area contributed by atoms with Crippen LogP contribution in [0.15, 0.2) is 67.0 Å². The fourth-order valence-electron chi connectivity index (χ4n) is 2.72. The zero-order valence-corrected chi connectivity index (χ0v) is 16.4. The topological polar surface area (TPSA) is 82.5 Å². The fraction of sp³-hybridized carbons (Fsp3) is 0.227. The molecule has 0 aliphatic rings. The molecule has 0 bridgehead atoms. The number of methoxy groups -OCH3 is 1. The maximum absolute atomic E-state index is 12.3. The van der Waals surface area contributed by atoms with Gasteiger partial charge in [0.15, 0.2) is 6.10 Å². The van der Waals surface area contributed by atoms with Crippen molar-refractivity contribution in [3.63, 3.8) is 0 Å². The molecule has 1 aromatic heterocycles. The summed E-state index contributed by atoms with van der Waals surface area (Å²) in [5.41, 5.74) is 2.28. The van der Waals surface area contributed by atoms with Gasteiger partial charge >= 0.3 is 5.97 Å². The van der Waals surface area contributed by atoms with Gasteiger partial charge in [0.05, 0.1) is 18.4 Å². The first-order chi connectivity index (χ1) is 14.1. The molecule has 0 fully saturated rings. The highest BCUT2D eigenvalue weighted by Gasteiger charge is 2.18. The van der Waals surface area contributed by atoms with E-state index in [4.69, 9.17) is 9.47 Å². The molecule has 2 aromatic carbocycles. The Labute approximate surface area is 169 Å². The summed E-state index contributed by atoms with van der Waals surface area (Å²) in [7, 11) is 1.62. The summed E-state index contributed by atoms with van der Waals surface area (Å²) in [6, 6.07) is 16.3. The third kappa shape index (κ3) is 5.44. The zero-order valence-electron chi connectivity index (χ0n) is 16.4. The van der Waals surface area contributed by atoms with E-state index in [0.717, 1.165) is 17.0 Å². The Morgan fingerprint density at radius 1 is 1.10 bits per heavy atom. The van der Waals surface area contributed by atoms with Gasteiger partial charge in [0.1, 0.15) is 5.75 Å². The minimum atomic E-state index is -0.885. The predicted octanol–water partition coefficient (Wildman–Crippen LogP) is 2.79. The zero-order chi connectivity index (χ0) is 20.6. The highest BCUT2D eigenvalue weighted by atomic mass is 16.5. The lowest BCUT2D eigenvalue weighted by atomic mass is 10.1. The number of esters is 1. The number of carbonyl (C=O) groups is 2. The lowest BCUT2D eigenvalue weighted by Crippen LogP contribution is -2.36. The molecule has 0 aliphatic carbocycles. The van der Waals surface area contributed by atoms with Gasteiger partial charge < -0.3 is 14.8 Å². The molecule has 0 radical (unpaired) electrons. The summed E-state index contributed by atoms with van der Waals surface area (Å²) in [5, 5.41) is 6.92. The molecule has 1 atom stereocenters. The number of carbonyl (C=O) groups excluding carboxylic acids is 2. The van der Waals surface area contributed by atoms with Gasteiger partial charge in [-0.2, -0.15) is 5.10 Å². The molecule has 0 spiro atoms.